The Kier molecular flexibility index (Phi) is 6.41. The van der Waals surface area contributed by atoms with Crippen molar-refractivity contribution in [3.05, 3.63) is 58.3 Å². The maximum Gasteiger partial charge on any atom is 0.329 e. The van der Waals surface area contributed by atoms with E-state index in [-0.39, 0.29) is 24.0 Å². The van der Waals surface area contributed by atoms with E-state index in [1.54, 1.807) is 30.1 Å². The first-order chi connectivity index (χ1) is 17.8. The Balaban J connectivity index is 1.39. The zero-order valence-corrected chi connectivity index (χ0v) is 19.6. The number of aromatic nitrogens is 5. The average molecular weight is 517 g/mol. The minimum atomic E-state index is -2.88. The summed E-state index contributed by atoms with van der Waals surface area (Å²) in [5, 5.41) is 15.9. The normalized spacial score (nSPS) is 14.2. The third-order valence-corrected chi connectivity index (χ3v) is 6.34. The van der Waals surface area contributed by atoms with Gasteiger partial charge in [0.1, 0.15) is 12.4 Å². The molecule has 1 N–H and O–H groups in total. The number of rotatable bonds is 6. The van der Waals surface area contributed by atoms with Gasteiger partial charge in [0.05, 0.1) is 34.5 Å². The van der Waals surface area contributed by atoms with Gasteiger partial charge in [-0.1, -0.05) is 0 Å². The number of pyridine rings is 1. The molecule has 4 heterocycles. The molecule has 1 saturated heterocycles. The maximum atomic E-state index is 15.2. The molecule has 4 aromatic rings. The second kappa shape index (κ2) is 9.69. The van der Waals surface area contributed by atoms with Gasteiger partial charge in [-0.2, -0.15) is 8.78 Å². The lowest BCUT2D eigenvalue weighted by Gasteiger charge is -2.36. The van der Waals surface area contributed by atoms with Crippen molar-refractivity contribution < 1.29 is 27.5 Å². The van der Waals surface area contributed by atoms with Crippen LogP contribution >= 0.6 is 0 Å². The molecule has 1 fully saturated rings. The first-order valence-corrected chi connectivity index (χ1v) is 11.4. The summed E-state index contributed by atoms with van der Waals surface area (Å²) in [7, 11) is 1.59. The summed E-state index contributed by atoms with van der Waals surface area (Å²) < 4.78 is 48.3. The van der Waals surface area contributed by atoms with Crippen LogP contribution in [0.3, 0.4) is 0 Å². The molecular formula is C23H22F3N7O4. The van der Waals surface area contributed by atoms with Crippen LogP contribution in [-0.4, -0.2) is 73.0 Å². The molecule has 0 spiro atoms. The van der Waals surface area contributed by atoms with E-state index >= 15 is 4.39 Å². The van der Waals surface area contributed by atoms with E-state index in [0.717, 1.165) is 0 Å². The van der Waals surface area contributed by atoms with Crippen LogP contribution in [0.2, 0.25) is 0 Å². The highest BCUT2D eigenvalue weighted by Crippen LogP contribution is 2.27. The van der Waals surface area contributed by atoms with Crippen molar-refractivity contribution in [3.63, 3.8) is 0 Å². The Labute approximate surface area is 207 Å². The monoisotopic (exact) mass is 517 g/mol. The van der Waals surface area contributed by atoms with Crippen molar-refractivity contribution in [1.82, 2.24) is 29.2 Å². The van der Waals surface area contributed by atoms with E-state index in [1.165, 1.54) is 26.3 Å². The van der Waals surface area contributed by atoms with Crippen LogP contribution in [0, 0.1) is 5.82 Å². The third kappa shape index (κ3) is 4.55. The molecule has 37 heavy (non-hydrogen) atoms. The Morgan fingerprint density at radius 3 is 2.51 bits per heavy atom. The topological polar surface area (TPSA) is 123 Å². The van der Waals surface area contributed by atoms with Crippen LogP contribution in [0.25, 0.3) is 22.5 Å². The summed E-state index contributed by atoms with van der Waals surface area (Å²) in [6.07, 6.45) is -1.51. The fourth-order valence-corrected chi connectivity index (χ4v) is 4.35. The lowest BCUT2D eigenvalue weighted by Crippen LogP contribution is -2.49. The van der Waals surface area contributed by atoms with Gasteiger partial charge in [0.25, 0.3) is 5.89 Å². The number of aliphatic hydroxyl groups is 1. The van der Waals surface area contributed by atoms with Gasteiger partial charge in [-0.15, -0.1) is 10.2 Å². The number of benzene rings is 1. The number of carbonyl (C=O) groups is 1. The number of imidazole rings is 1. The standard InChI is InChI=1S/C23H22F3N7O4/c1-30-17-9-16(31-4-6-32(7-5-31)19(35)12-34)15(24)8-18(17)33(23(30)36)11-14-3-2-13(10-27-14)21-28-29-22(37-21)20(25)26/h2-3,8-10,20,34H,4-7,11-12H2,1H3. The molecule has 0 unspecified atom stereocenters. The summed E-state index contributed by atoms with van der Waals surface area (Å²) in [4.78, 5) is 32.3. The van der Waals surface area contributed by atoms with E-state index in [0.29, 0.717) is 54.2 Å². The zero-order valence-electron chi connectivity index (χ0n) is 19.6. The highest BCUT2D eigenvalue weighted by Gasteiger charge is 2.24. The van der Waals surface area contributed by atoms with Crippen LogP contribution in [-0.2, 0) is 18.4 Å². The fourth-order valence-electron chi connectivity index (χ4n) is 4.35. The van der Waals surface area contributed by atoms with Crippen molar-refractivity contribution in [3.8, 4) is 11.5 Å². The lowest BCUT2D eigenvalue weighted by molar-refractivity contribution is -0.134. The second-order valence-corrected chi connectivity index (χ2v) is 8.53. The summed E-state index contributed by atoms with van der Waals surface area (Å²) >= 11 is 0. The summed E-state index contributed by atoms with van der Waals surface area (Å²) in [5.41, 5.74) is 1.67. The highest BCUT2D eigenvalue weighted by atomic mass is 19.3. The maximum absolute atomic E-state index is 15.2. The Hall–Kier alpha value is -4.20. The first kappa shape index (κ1) is 24.5. The first-order valence-electron chi connectivity index (χ1n) is 11.4. The van der Waals surface area contributed by atoms with Gasteiger partial charge in [-0.05, 0) is 18.2 Å². The molecule has 194 valence electrons. The second-order valence-electron chi connectivity index (χ2n) is 8.53. The minimum absolute atomic E-state index is 0.0449. The van der Waals surface area contributed by atoms with Crippen LogP contribution in [0.1, 0.15) is 18.0 Å². The molecule has 1 aromatic carbocycles. The molecule has 0 atom stereocenters. The quantitative estimate of drug-likeness (QED) is 0.409. The zero-order chi connectivity index (χ0) is 26.3. The van der Waals surface area contributed by atoms with Crippen LogP contribution in [0.15, 0.2) is 39.7 Å². The van der Waals surface area contributed by atoms with Crippen molar-refractivity contribution in [1.29, 1.82) is 0 Å². The SMILES string of the molecule is Cn1c(=O)n(Cc2ccc(-c3nnc(C(F)F)o3)cn2)c2cc(F)c(N3CCN(C(=O)CO)CC3)cc21. The number of anilines is 1. The molecule has 5 rings (SSSR count). The smallest absolute Gasteiger partial charge is 0.329 e. The van der Waals surface area contributed by atoms with Gasteiger partial charge >= 0.3 is 12.1 Å². The lowest BCUT2D eigenvalue weighted by atomic mass is 10.2. The molecule has 11 nitrogen and oxygen atoms in total. The number of nitrogens with zero attached hydrogens (tertiary/aromatic N) is 7. The predicted molar refractivity (Wildman–Crippen MR) is 125 cm³/mol. The van der Waals surface area contributed by atoms with E-state index in [9.17, 15) is 18.4 Å². The molecule has 0 radical (unpaired) electrons. The van der Waals surface area contributed by atoms with Gasteiger partial charge in [-0.25, -0.2) is 9.18 Å². The minimum Gasteiger partial charge on any atom is -0.415 e. The molecule has 1 amide bonds. The van der Waals surface area contributed by atoms with Gasteiger partial charge in [-0.3, -0.25) is 18.9 Å². The summed E-state index contributed by atoms with van der Waals surface area (Å²) in [6.45, 7) is 0.959. The molecule has 1 aliphatic heterocycles. The largest absolute Gasteiger partial charge is 0.415 e. The molecule has 14 heteroatoms. The highest BCUT2D eigenvalue weighted by molar-refractivity contribution is 5.81. The Morgan fingerprint density at radius 2 is 1.89 bits per heavy atom. The van der Waals surface area contributed by atoms with Crippen LogP contribution < -0.4 is 10.6 Å². The van der Waals surface area contributed by atoms with Crippen molar-refractivity contribution in [2.75, 3.05) is 37.7 Å². The molecular weight excluding hydrogens is 495 g/mol. The van der Waals surface area contributed by atoms with Gasteiger partial charge < -0.3 is 19.3 Å². The number of fused-ring (bicyclic) bond motifs is 1. The van der Waals surface area contributed by atoms with Crippen LogP contribution in [0.5, 0.6) is 0 Å². The summed E-state index contributed by atoms with van der Waals surface area (Å²) in [6, 6.07) is 6.06. The van der Waals surface area contributed by atoms with E-state index in [2.05, 4.69) is 15.2 Å². The van der Waals surface area contributed by atoms with Crippen LogP contribution in [0.4, 0.5) is 18.9 Å². The number of hydrogen-bond acceptors (Lipinski definition) is 8. The van der Waals surface area contributed by atoms with Gasteiger partial charge in [0.15, 0.2) is 0 Å². The number of aryl methyl sites for hydroxylation is 1. The van der Waals surface area contributed by atoms with Crippen molar-refractivity contribution >= 4 is 22.6 Å². The van der Waals surface area contributed by atoms with E-state index in [1.807, 2.05) is 0 Å². The average Bonchev–Trinajstić information content (AvgIpc) is 3.49. The number of aliphatic hydroxyl groups excluding tert-OH is 1. The molecule has 0 bridgehead atoms. The number of alkyl halides is 2. The van der Waals surface area contributed by atoms with Gasteiger partial charge in [0.2, 0.25) is 11.8 Å². The predicted octanol–water partition coefficient (Wildman–Crippen LogP) is 1.55. The number of piperazine rings is 1. The fraction of sp³-hybridized carbons (Fsp3) is 0.348. The molecule has 1 aliphatic rings. The Bertz CT molecular complexity index is 1510. The van der Waals surface area contributed by atoms with E-state index < -0.39 is 24.7 Å². The molecule has 0 saturated carbocycles. The number of hydrogen-bond donors (Lipinski definition) is 1. The Morgan fingerprint density at radius 1 is 1.14 bits per heavy atom. The molecule has 3 aromatic heterocycles. The number of carbonyl (C=O) groups excluding carboxylic acids is 1. The number of halogens is 3. The van der Waals surface area contributed by atoms with Crippen molar-refractivity contribution in [2.24, 2.45) is 7.05 Å². The third-order valence-electron chi connectivity index (χ3n) is 6.34. The van der Waals surface area contributed by atoms with Crippen molar-refractivity contribution in [2.45, 2.75) is 13.0 Å². The van der Waals surface area contributed by atoms with E-state index in [4.69, 9.17) is 9.52 Å². The summed E-state index contributed by atoms with van der Waals surface area (Å²) in [5.74, 6) is -1.77. The number of amides is 1. The molecule has 0 aliphatic carbocycles. The van der Waals surface area contributed by atoms with Gasteiger partial charge in [0, 0.05) is 45.5 Å².